The van der Waals surface area contributed by atoms with Crippen LogP contribution >= 0.6 is 11.8 Å². The van der Waals surface area contributed by atoms with E-state index in [9.17, 15) is 4.79 Å². The van der Waals surface area contributed by atoms with E-state index in [1.807, 2.05) is 44.2 Å². The largest absolute Gasteiger partial charge is 0.274 e. The molecule has 1 amide bonds. The fraction of sp³-hybridized carbons (Fsp3) is 0.417. The van der Waals surface area contributed by atoms with Crippen LogP contribution in [0.5, 0.6) is 0 Å². The first-order chi connectivity index (χ1) is 6.93. The Bertz CT molecular complexity index is 335. The number of halogens is 1. The normalized spacial score (nSPS) is 11.2. The van der Waals surface area contributed by atoms with Gasteiger partial charge in [0.15, 0.2) is 0 Å². The minimum atomic E-state index is -0.366. The van der Waals surface area contributed by atoms with E-state index < -0.39 is 0 Å². The van der Waals surface area contributed by atoms with E-state index in [1.165, 1.54) is 16.9 Å². The lowest BCUT2D eigenvalue weighted by Crippen LogP contribution is -2.42. The monoisotopic (exact) mass is 225 g/mol. The van der Waals surface area contributed by atoms with Gasteiger partial charge in [0.05, 0.1) is 5.54 Å². The molecule has 0 spiro atoms. The van der Waals surface area contributed by atoms with Gasteiger partial charge in [0.1, 0.15) is 0 Å². The molecule has 0 unspecified atom stereocenters. The van der Waals surface area contributed by atoms with Gasteiger partial charge in [-0.3, -0.25) is 4.79 Å². The van der Waals surface area contributed by atoms with E-state index >= 15 is 0 Å². The van der Waals surface area contributed by atoms with Gasteiger partial charge in [-0.2, -0.15) is 0 Å². The lowest BCUT2D eigenvalue weighted by atomic mass is 9.95. The Hall–Kier alpha value is -1.02. The molecule has 0 saturated carbocycles. The van der Waals surface area contributed by atoms with E-state index in [-0.39, 0.29) is 11.4 Å². The highest BCUT2D eigenvalue weighted by Gasteiger charge is 2.27. The van der Waals surface area contributed by atoms with Crippen molar-refractivity contribution in [2.75, 3.05) is 0 Å². The molecular formula is C12H16ClNO. The summed E-state index contributed by atoms with van der Waals surface area (Å²) in [7, 11) is 0. The second kappa shape index (κ2) is 4.67. The Balaban J connectivity index is 2.76. The minimum Gasteiger partial charge on any atom is -0.274 e. The third-order valence-electron chi connectivity index (χ3n) is 2.29. The maximum atomic E-state index is 11.2. The molecule has 0 aromatic heterocycles. The van der Waals surface area contributed by atoms with Gasteiger partial charge in [-0.05, 0) is 25.8 Å². The van der Waals surface area contributed by atoms with Crippen molar-refractivity contribution in [1.29, 1.82) is 0 Å². The quantitative estimate of drug-likeness (QED) is 0.725. The number of hydrogen-bond acceptors (Lipinski definition) is 1. The molecule has 15 heavy (non-hydrogen) atoms. The Labute approximate surface area is 96.0 Å². The summed E-state index contributed by atoms with van der Waals surface area (Å²) in [4.78, 5) is 11.2. The van der Waals surface area contributed by atoms with Crippen LogP contribution in [-0.2, 0) is 11.2 Å². The Morgan fingerprint density at radius 3 is 2.33 bits per heavy atom. The van der Waals surface area contributed by atoms with Crippen LogP contribution in [0.4, 0.5) is 0 Å². The van der Waals surface area contributed by atoms with Gasteiger partial charge in [0.25, 0.3) is 0 Å². The smallest absolute Gasteiger partial charge is 0.234 e. The van der Waals surface area contributed by atoms with E-state index in [2.05, 4.69) is 0 Å². The summed E-state index contributed by atoms with van der Waals surface area (Å²) in [5.74, 6) is -0.127. The molecule has 0 saturated heterocycles. The molecule has 0 radical (unpaired) electrons. The lowest BCUT2D eigenvalue weighted by Gasteiger charge is -2.32. The van der Waals surface area contributed by atoms with Crippen LogP contribution in [0.1, 0.15) is 26.3 Å². The first-order valence-corrected chi connectivity index (χ1v) is 5.28. The molecule has 0 atom stereocenters. The molecule has 0 heterocycles. The highest BCUT2D eigenvalue weighted by atomic mass is 35.5. The zero-order chi connectivity index (χ0) is 11.5. The van der Waals surface area contributed by atoms with E-state index in [0.29, 0.717) is 0 Å². The summed E-state index contributed by atoms with van der Waals surface area (Å²) < 4.78 is 1.26. The number of rotatable bonds is 3. The molecule has 0 aliphatic heterocycles. The second-order valence-electron chi connectivity index (χ2n) is 4.27. The summed E-state index contributed by atoms with van der Waals surface area (Å²) in [6, 6.07) is 10.0. The molecule has 82 valence electrons. The van der Waals surface area contributed by atoms with Gasteiger partial charge in [0, 0.05) is 18.7 Å². The number of amides is 1. The Kier molecular flexibility index (Phi) is 3.75. The first-order valence-electron chi connectivity index (χ1n) is 4.94. The van der Waals surface area contributed by atoms with Gasteiger partial charge in [-0.1, -0.05) is 30.3 Å². The molecule has 2 nitrogen and oxygen atoms in total. The topological polar surface area (TPSA) is 20.3 Å². The van der Waals surface area contributed by atoms with Crippen LogP contribution in [0, 0.1) is 0 Å². The Morgan fingerprint density at radius 2 is 1.87 bits per heavy atom. The molecule has 0 aliphatic rings. The minimum absolute atomic E-state index is 0.127. The molecule has 0 fully saturated rings. The van der Waals surface area contributed by atoms with Gasteiger partial charge in [-0.25, -0.2) is 4.42 Å². The van der Waals surface area contributed by atoms with E-state index in [1.54, 1.807) is 0 Å². The second-order valence-corrected chi connectivity index (χ2v) is 4.61. The third-order valence-corrected chi connectivity index (χ3v) is 2.98. The van der Waals surface area contributed by atoms with Crippen LogP contribution in [0.25, 0.3) is 0 Å². The number of hydrogen-bond donors (Lipinski definition) is 0. The Morgan fingerprint density at radius 1 is 1.33 bits per heavy atom. The van der Waals surface area contributed by atoms with Crippen LogP contribution in [0.3, 0.4) is 0 Å². The average molecular weight is 226 g/mol. The molecule has 0 N–H and O–H groups in total. The highest BCUT2D eigenvalue weighted by Crippen LogP contribution is 2.22. The number of carbonyl (C=O) groups excluding carboxylic acids is 1. The molecule has 3 heteroatoms. The first kappa shape index (κ1) is 12.1. The van der Waals surface area contributed by atoms with Crippen LogP contribution in [-0.4, -0.2) is 15.9 Å². The summed E-state index contributed by atoms with van der Waals surface area (Å²) in [6.07, 6.45) is 0.747. The van der Waals surface area contributed by atoms with Crippen molar-refractivity contribution >= 4 is 17.7 Å². The summed E-state index contributed by atoms with van der Waals surface area (Å²) in [5, 5.41) is 0. The van der Waals surface area contributed by atoms with Crippen molar-refractivity contribution in [2.24, 2.45) is 0 Å². The van der Waals surface area contributed by atoms with Gasteiger partial charge < -0.3 is 0 Å². The van der Waals surface area contributed by atoms with Crippen molar-refractivity contribution in [3.05, 3.63) is 35.9 Å². The summed E-state index contributed by atoms with van der Waals surface area (Å²) >= 11 is 5.94. The van der Waals surface area contributed by atoms with Crippen molar-refractivity contribution < 1.29 is 4.79 Å². The predicted molar refractivity (Wildman–Crippen MR) is 62.6 cm³/mol. The predicted octanol–water partition coefficient (Wildman–Crippen LogP) is 3.01. The van der Waals surface area contributed by atoms with Gasteiger partial charge >= 0.3 is 0 Å². The maximum absolute atomic E-state index is 11.2. The van der Waals surface area contributed by atoms with Crippen molar-refractivity contribution in [1.82, 2.24) is 4.42 Å². The molecule has 0 aliphatic carbocycles. The third kappa shape index (κ3) is 3.24. The van der Waals surface area contributed by atoms with Crippen molar-refractivity contribution in [3.8, 4) is 0 Å². The number of carbonyl (C=O) groups is 1. The molecular weight excluding hydrogens is 210 g/mol. The highest BCUT2D eigenvalue weighted by molar-refractivity contribution is 6.21. The zero-order valence-electron chi connectivity index (χ0n) is 9.33. The SMILES string of the molecule is CC(=O)N(Cl)C(C)(C)Cc1ccccc1. The molecule has 0 bridgehead atoms. The molecule has 1 aromatic carbocycles. The van der Waals surface area contributed by atoms with Crippen LogP contribution < -0.4 is 0 Å². The summed E-state index contributed by atoms with van der Waals surface area (Å²) in [6.45, 7) is 5.38. The van der Waals surface area contributed by atoms with Gasteiger partial charge in [-0.15, -0.1) is 0 Å². The number of benzene rings is 1. The van der Waals surface area contributed by atoms with Gasteiger partial charge in [0.2, 0.25) is 5.91 Å². The standard InChI is InChI=1S/C12H16ClNO/c1-10(15)14(13)12(2,3)9-11-7-5-4-6-8-11/h4-8H,9H2,1-3H3. The summed E-state index contributed by atoms with van der Waals surface area (Å²) in [5.41, 5.74) is 0.809. The zero-order valence-corrected chi connectivity index (χ0v) is 10.1. The van der Waals surface area contributed by atoms with E-state index in [0.717, 1.165) is 6.42 Å². The maximum Gasteiger partial charge on any atom is 0.234 e. The van der Waals surface area contributed by atoms with Crippen molar-refractivity contribution in [3.63, 3.8) is 0 Å². The van der Waals surface area contributed by atoms with Crippen LogP contribution in [0.2, 0.25) is 0 Å². The number of nitrogens with zero attached hydrogens (tertiary/aromatic N) is 1. The fourth-order valence-corrected chi connectivity index (χ4v) is 1.65. The fourth-order valence-electron chi connectivity index (χ4n) is 1.59. The molecule has 1 aromatic rings. The van der Waals surface area contributed by atoms with Crippen molar-refractivity contribution in [2.45, 2.75) is 32.7 Å². The lowest BCUT2D eigenvalue weighted by molar-refractivity contribution is -0.127. The average Bonchev–Trinajstić information content (AvgIpc) is 2.17. The van der Waals surface area contributed by atoms with E-state index in [4.69, 9.17) is 11.8 Å². The van der Waals surface area contributed by atoms with Crippen LogP contribution in [0.15, 0.2) is 30.3 Å². The molecule has 1 rings (SSSR count).